The number of anilines is 1. The van der Waals surface area contributed by atoms with Crippen molar-refractivity contribution in [3.63, 3.8) is 0 Å². The van der Waals surface area contributed by atoms with Gasteiger partial charge in [-0.3, -0.25) is 0 Å². The molecule has 4 atom stereocenters. The molecule has 4 unspecified atom stereocenters. The van der Waals surface area contributed by atoms with E-state index in [-0.39, 0.29) is 16.0 Å². The number of nitrogens with two attached hydrogens (primary N) is 1. The van der Waals surface area contributed by atoms with Gasteiger partial charge in [0.2, 0.25) is 10.0 Å². The third kappa shape index (κ3) is 1.80. The minimum Gasteiger partial charge on any atom is -0.398 e. The van der Waals surface area contributed by atoms with Crippen LogP contribution < -0.4 is 10.5 Å². The number of sulfonamides is 1. The van der Waals surface area contributed by atoms with E-state index in [0.717, 1.165) is 11.8 Å². The van der Waals surface area contributed by atoms with Crippen LogP contribution in [0.5, 0.6) is 0 Å². The zero-order chi connectivity index (χ0) is 14.1. The number of hydrogen-bond acceptors (Lipinski definition) is 3. The maximum Gasteiger partial charge on any atom is 0.240 e. The molecule has 3 fully saturated rings. The van der Waals surface area contributed by atoms with E-state index in [4.69, 9.17) is 17.3 Å². The number of nitrogen functional groups attached to an aromatic ring is 1. The summed E-state index contributed by atoms with van der Waals surface area (Å²) in [6.07, 6.45) is 3.86. The maximum absolute atomic E-state index is 12.4. The van der Waals surface area contributed by atoms with Gasteiger partial charge in [0.1, 0.15) is 0 Å². The van der Waals surface area contributed by atoms with Crippen LogP contribution in [0.4, 0.5) is 5.69 Å². The van der Waals surface area contributed by atoms with E-state index in [0.29, 0.717) is 17.5 Å². The summed E-state index contributed by atoms with van der Waals surface area (Å²) in [4.78, 5) is 0.203. The predicted molar refractivity (Wildman–Crippen MR) is 77.8 cm³/mol. The molecule has 4 nitrogen and oxygen atoms in total. The molecule has 4 rings (SSSR count). The van der Waals surface area contributed by atoms with Crippen molar-refractivity contribution in [1.29, 1.82) is 0 Å². The average Bonchev–Trinajstić information content (AvgIpc) is 2.81. The molecule has 3 N–H and O–H groups in total. The summed E-state index contributed by atoms with van der Waals surface area (Å²) >= 11 is 5.91. The van der Waals surface area contributed by atoms with Crippen LogP contribution in [0.15, 0.2) is 23.1 Å². The first kappa shape index (κ1) is 12.9. The SMILES string of the molecule is Nc1ccc(S(=O)(=O)NC2C3C4CCC(C4)C23)cc1Cl. The molecule has 0 spiro atoms. The zero-order valence-corrected chi connectivity index (χ0v) is 12.5. The molecule has 3 aliphatic rings. The van der Waals surface area contributed by atoms with Crippen molar-refractivity contribution in [2.75, 3.05) is 5.73 Å². The van der Waals surface area contributed by atoms with Crippen LogP contribution in [0.25, 0.3) is 0 Å². The molecule has 6 heteroatoms. The molecule has 3 saturated carbocycles. The lowest BCUT2D eigenvalue weighted by Gasteiger charge is -2.11. The first-order chi connectivity index (χ1) is 9.47. The Morgan fingerprint density at radius 2 is 1.85 bits per heavy atom. The normalized spacial score (nSPS) is 38.0. The first-order valence-electron chi connectivity index (χ1n) is 7.05. The van der Waals surface area contributed by atoms with Gasteiger partial charge in [0.05, 0.1) is 15.6 Å². The average molecular weight is 313 g/mol. The Kier molecular flexibility index (Phi) is 2.66. The summed E-state index contributed by atoms with van der Waals surface area (Å²) in [5, 5.41) is 0.281. The Morgan fingerprint density at radius 1 is 1.20 bits per heavy atom. The smallest absolute Gasteiger partial charge is 0.240 e. The lowest BCUT2D eigenvalue weighted by atomic mass is 10.0. The van der Waals surface area contributed by atoms with E-state index in [9.17, 15) is 8.42 Å². The monoisotopic (exact) mass is 312 g/mol. The summed E-state index contributed by atoms with van der Waals surface area (Å²) in [6.45, 7) is 0. The lowest BCUT2D eigenvalue weighted by molar-refractivity contribution is 0.456. The standard InChI is InChI=1S/C14H17ClN2O2S/c15-10-6-9(3-4-11(10)16)20(18,19)17-14-12-7-1-2-8(5-7)13(12)14/h3-4,6-8,12-14,17H,1-2,5,16H2. The van der Waals surface area contributed by atoms with Crippen molar-refractivity contribution in [2.45, 2.75) is 30.2 Å². The van der Waals surface area contributed by atoms with Gasteiger partial charge in [0, 0.05) is 6.04 Å². The van der Waals surface area contributed by atoms with Crippen LogP contribution in [-0.4, -0.2) is 14.5 Å². The van der Waals surface area contributed by atoms with E-state index in [1.54, 1.807) is 0 Å². The second kappa shape index (κ2) is 4.12. The summed E-state index contributed by atoms with van der Waals surface area (Å²) in [5.41, 5.74) is 6.01. The van der Waals surface area contributed by atoms with Crippen LogP contribution in [0.1, 0.15) is 19.3 Å². The van der Waals surface area contributed by atoms with Gasteiger partial charge in [0.15, 0.2) is 0 Å². The summed E-state index contributed by atoms with van der Waals surface area (Å²) < 4.78 is 27.7. The van der Waals surface area contributed by atoms with Gasteiger partial charge in [0.25, 0.3) is 0 Å². The number of rotatable bonds is 3. The molecule has 3 aliphatic carbocycles. The van der Waals surface area contributed by atoms with Crippen molar-refractivity contribution >= 4 is 27.3 Å². The Bertz CT molecular complexity index is 660. The quantitative estimate of drug-likeness (QED) is 0.841. The third-order valence-corrected chi connectivity index (χ3v) is 7.09. The first-order valence-corrected chi connectivity index (χ1v) is 8.91. The van der Waals surface area contributed by atoms with Crippen LogP contribution >= 0.6 is 11.6 Å². The summed E-state index contributed by atoms with van der Waals surface area (Å²) in [5.74, 6) is 2.64. The van der Waals surface area contributed by atoms with E-state index < -0.39 is 10.0 Å². The lowest BCUT2D eigenvalue weighted by Crippen LogP contribution is -2.30. The highest BCUT2D eigenvalue weighted by atomic mass is 35.5. The number of nitrogens with one attached hydrogen (secondary N) is 1. The molecule has 0 amide bonds. The molecule has 0 aromatic heterocycles. The van der Waals surface area contributed by atoms with Gasteiger partial charge in [-0.15, -0.1) is 0 Å². The van der Waals surface area contributed by atoms with Crippen molar-refractivity contribution in [2.24, 2.45) is 23.7 Å². The minimum absolute atomic E-state index is 0.141. The molecular weight excluding hydrogens is 296 g/mol. The van der Waals surface area contributed by atoms with Crippen molar-refractivity contribution < 1.29 is 8.42 Å². The topological polar surface area (TPSA) is 72.2 Å². The van der Waals surface area contributed by atoms with Crippen molar-refractivity contribution in [1.82, 2.24) is 4.72 Å². The second-order valence-corrected chi connectivity index (χ2v) is 8.44. The third-order valence-electron chi connectivity index (χ3n) is 5.31. The molecule has 108 valence electrons. The highest BCUT2D eigenvalue weighted by molar-refractivity contribution is 7.89. The number of halogens is 1. The van der Waals surface area contributed by atoms with Crippen LogP contribution in [-0.2, 0) is 10.0 Å². The summed E-state index contributed by atoms with van der Waals surface area (Å²) in [7, 11) is -3.49. The Morgan fingerprint density at radius 3 is 2.45 bits per heavy atom. The van der Waals surface area contributed by atoms with Gasteiger partial charge in [-0.25, -0.2) is 13.1 Å². The second-order valence-electron chi connectivity index (χ2n) is 6.32. The number of fused-ring (bicyclic) bond motifs is 5. The molecule has 0 saturated heterocycles. The van der Waals surface area contributed by atoms with Crippen molar-refractivity contribution in [3.8, 4) is 0 Å². The van der Waals surface area contributed by atoms with E-state index in [2.05, 4.69) is 4.72 Å². The van der Waals surface area contributed by atoms with E-state index in [1.165, 1.54) is 37.5 Å². The van der Waals surface area contributed by atoms with Gasteiger partial charge >= 0.3 is 0 Å². The fourth-order valence-electron chi connectivity index (χ4n) is 4.41. The summed E-state index contributed by atoms with van der Waals surface area (Å²) in [6, 6.07) is 4.61. The highest BCUT2D eigenvalue weighted by Crippen LogP contribution is 2.65. The van der Waals surface area contributed by atoms with Gasteiger partial charge in [-0.05, 0) is 61.1 Å². The fraction of sp³-hybridized carbons (Fsp3) is 0.571. The Balaban J connectivity index is 1.55. The highest BCUT2D eigenvalue weighted by Gasteiger charge is 2.65. The molecule has 0 aliphatic heterocycles. The predicted octanol–water partition coefficient (Wildman–Crippen LogP) is 2.25. The Labute approximate surface area is 123 Å². The van der Waals surface area contributed by atoms with Gasteiger partial charge in [-0.2, -0.15) is 0 Å². The molecule has 1 aromatic rings. The Hall–Kier alpha value is -0.780. The maximum atomic E-state index is 12.4. The molecule has 1 aromatic carbocycles. The van der Waals surface area contributed by atoms with Crippen molar-refractivity contribution in [3.05, 3.63) is 23.2 Å². The van der Waals surface area contributed by atoms with Crippen LogP contribution in [0.3, 0.4) is 0 Å². The number of benzene rings is 1. The molecule has 0 heterocycles. The van der Waals surface area contributed by atoms with Crippen LogP contribution in [0, 0.1) is 23.7 Å². The fourth-order valence-corrected chi connectivity index (χ4v) is 5.98. The van der Waals surface area contributed by atoms with E-state index >= 15 is 0 Å². The largest absolute Gasteiger partial charge is 0.398 e. The van der Waals surface area contributed by atoms with Gasteiger partial charge in [-0.1, -0.05) is 11.6 Å². The molecular formula is C14H17ClN2O2S. The van der Waals surface area contributed by atoms with Crippen LogP contribution in [0.2, 0.25) is 5.02 Å². The van der Waals surface area contributed by atoms with Gasteiger partial charge < -0.3 is 5.73 Å². The molecule has 0 radical (unpaired) electrons. The molecule has 20 heavy (non-hydrogen) atoms. The van der Waals surface area contributed by atoms with E-state index in [1.807, 2.05) is 0 Å². The minimum atomic E-state index is -3.49. The number of hydrogen-bond donors (Lipinski definition) is 2. The zero-order valence-electron chi connectivity index (χ0n) is 10.9. The molecule has 2 bridgehead atoms.